The molecule has 1 aliphatic heterocycles. The van der Waals surface area contributed by atoms with Gasteiger partial charge < -0.3 is 16.8 Å². The fourth-order valence-corrected chi connectivity index (χ4v) is 13.7. The van der Waals surface area contributed by atoms with E-state index in [-0.39, 0.29) is 34.1 Å². The number of ether oxygens (including phenoxy) is 1. The number of halogens is 7. The van der Waals surface area contributed by atoms with E-state index in [0.29, 0.717) is 12.2 Å². The van der Waals surface area contributed by atoms with Crippen LogP contribution in [-0.4, -0.2) is 32.5 Å². The molecule has 2 nitrogen and oxygen atoms in total. The van der Waals surface area contributed by atoms with Crippen LogP contribution in [0.4, 0.5) is 0 Å². The minimum Gasteiger partial charge on any atom is -0.393 e. The van der Waals surface area contributed by atoms with Crippen molar-refractivity contribution < 1.29 is 28.7 Å². The number of epoxide rings is 1. The predicted molar refractivity (Wildman–Crippen MR) is 231 cm³/mol. The van der Waals surface area contributed by atoms with E-state index in [0.717, 1.165) is 66.1 Å². The average Bonchev–Trinajstić information content (AvgIpc) is 3.88. The summed E-state index contributed by atoms with van der Waals surface area (Å²) in [5.74, 6) is 13.3. The number of fused-ring (bicyclic) bond motifs is 8. The van der Waals surface area contributed by atoms with Gasteiger partial charge in [-0.1, -0.05) is 175 Å². The average molecular weight is 1140 g/mol. The molecule has 1 heterocycles. The summed E-state index contributed by atoms with van der Waals surface area (Å²) < 4.78 is 6.32. The van der Waals surface area contributed by atoms with Gasteiger partial charge in [0.25, 0.3) is 0 Å². The molecule has 0 aromatic carbocycles. The zero-order chi connectivity index (χ0) is 35.2. The molecule has 10 heteroatoms. The molecule has 1 N–H and O–H groups in total. The zero-order valence-corrected chi connectivity index (χ0v) is 41.1. The van der Waals surface area contributed by atoms with E-state index >= 15 is 0 Å². The number of unbranched alkanes of at least 4 members (excludes halogenated alkanes) is 1. The molecular weight excluding hydrogens is 1080 g/mol. The molecule has 14 aliphatic rings. The topological polar surface area (TPSA) is 32.8 Å². The third kappa shape index (κ3) is 10.6. The van der Waals surface area contributed by atoms with Crippen LogP contribution in [0.25, 0.3) is 0 Å². The molecule has 0 amide bonds. The summed E-state index contributed by atoms with van der Waals surface area (Å²) in [5.41, 5.74) is 0. The maximum atomic E-state index is 9.24. The van der Waals surface area contributed by atoms with Crippen LogP contribution in [0.1, 0.15) is 90.9 Å². The molecule has 14 rings (SSSR count). The summed E-state index contributed by atoms with van der Waals surface area (Å²) in [6, 6.07) is 0. The number of alkyl halides is 7. The Morgan fingerprint density at radius 2 is 1.30 bits per heavy atom. The van der Waals surface area contributed by atoms with E-state index in [1.165, 1.54) is 75.0 Å². The third-order valence-electron chi connectivity index (χ3n) is 13.4. The van der Waals surface area contributed by atoms with Crippen molar-refractivity contribution in [3.05, 3.63) is 43.4 Å². The van der Waals surface area contributed by atoms with E-state index in [2.05, 4.69) is 169 Å². The van der Waals surface area contributed by atoms with E-state index in [9.17, 15) is 5.11 Å². The number of aliphatic hydroxyl groups is 1. The van der Waals surface area contributed by atoms with Crippen LogP contribution in [0, 0.1) is 83.9 Å². The van der Waals surface area contributed by atoms with E-state index in [1.54, 1.807) is 12.8 Å². The molecule has 0 aromatic heterocycles. The van der Waals surface area contributed by atoms with Crippen molar-refractivity contribution >= 4 is 112 Å². The van der Waals surface area contributed by atoms with Crippen LogP contribution in [0.15, 0.2) is 36.5 Å². The van der Waals surface area contributed by atoms with Gasteiger partial charge in [0.2, 0.25) is 0 Å². The maximum absolute atomic E-state index is 9.24. The summed E-state index contributed by atoms with van der Waals surface area (Å²) in [6.07, 6.45) is 30.0. The monoisotopic (exact) mass is 1130 g/mol. The first-order valence-electron chi connectivity index (χ1n) is 19.2. The van der Waals surface area contributed by atoms with E-state index < -0.39 is 0 Å². The Morgan fingerprint density at radius 1 is 0.740 bits per heavy atom. The number of hydrogen-bond acceptors (Lipinski definition) is 2. The second kappa shape index (κ2) is 18.8. The minimum absolute atomic E-state index is 0. The fourth-order valence-electron chi connectivity index (χ4n) is 10.1. The minimum atomic E-state index is 0. The van der Waals surface area contributed by atoms with Crippen LogP contribution in [-0.2, 0) is 4.74 Å². The van der Waals surface area contributed by atoms with Crippen molar-refractivity contribution in [2.75, 3.05) is 0 Å². The van der Waals surface area contributed by atoms with Crippen LogP contribution >= 0.6 is 112 Å². The van der Waals surface area contributed by atoms with Crippen LogP contribution in [0.5, 0.6) is 0 Å². The summed E-state index contributed by atoms with van der Waals surface area (Å²) >= 11 is 24.0. The van der Waals surface area contributed by atoms with Crippen molar-refractivity contribution in [3.63, 3.8) is 0 Å². The fraction of sp³-hybridized carbons (Fsp3) is 0.825. The molecule has 12 fully saturated rings. The van der Waals surface area contributed by atoms with Gasteiger partial charge in [0.1, 0.15) is 2.65 Å². The van der Waals surface area contributed by atoms with Gasteiger partial charge in [0, 0.05) is 11.8 Å². The largest absolute Gasteiger partial charge is 1.00 e. The molecule has 1 saturated heterocycles. The van der Waals surface area contributed by atoms with Crippen molar-refractivity contribution in [2.45, 2.75) is 118 Å². The van der Waals surface area contributed by atoms with Crippen molar-refractivity contribution in [1.29, 1.82) is 0 Å². The van der Waals surface area contributed by atoms with Gasteiger partial charge in [-0.2, -0.15) is 6.42 Å². The number of rotatable bonds is 1. The van der Waals surface area contributed by atoms with Gasteiger partial charge in [0.05, 0.1) is 24.8 Å². The van der Waals surface area contributed by atoms with Gasteiger partial charge in [-0.25, -0.2) is 0 Å². The van der Waals surface area contributed by atoms with Crippen LogP contribution in [0.2, 0.25) is 0 Å². The SMILES string of the molecule is BrC(Br)Br.BrC1(Br)C2C=CCCC21.BrC1(Br)C2CCC3OC3C21.C1=CCCC=C1.CC1CCC2C3C1C23.OC1CCC2C3C1C23.[CH2-]CCC.[Li+]. The standard InChI is InChI=1S/C8H12.C7H8Br2O.C7H8Br2.C7H10O.C6H8.C4H9.CHBr3.Li/c1-4-2-3-5-7-6(4)8(5)7;8-7(9)3-1-2-4-6(10-4)5(3)7;8-7(9)5-3-1-2-4-6(5)7;8-4-2-1-3-5-6(3)7(4)5;1-2-4-6-5-3-1;1-3-4-2;2-1(3)4;/h4-8H,2-3H2,1H3;3-6H,1-2H2;1,3,5-6H,2,4H2;3-8H,1-2H2;1-4H,5-6H2;1,3-4H2,2H3;1H;/q;;;;;-1;;+1. The number of aliphatic hydroxyl groups excluding tert-OH is 1. The summed E-state index contributed by atoms with van der Waals surface area (Å²) in [7, 11) is 0. The normalized spacial score (nSPS) is 47.3. The van der Waals surface area contributed by atoms with Crippen LogP contribution in [0.3, 0.4) is 0 Å². The quantitative estimate of drug-likeness (QED) is 0.0933. The first kappa shape index (κ1) is 44.2. The molecule has 12 atom stereocenters. The van der Waals surface area contributed by atoms with Gasteiger partial charge in [-0.05, 0) is 123 Å². The van der Waals surface area contributed by atoms with Gasteiger partial charge in [-0.3, -0.25) is 0 Å². The summed E-state index contributed by atoms with van der Waals surface area (Å²) in [5, 5.41) is 9.24. The summed E-state index contributed by atoms with van der Waals surface area (Å²) in [6.45, 7) is 8.16. The summed E-state index contributed by atoms with van der Waals surface area (Å²) in [4.78, 5) is 0. The first-order valence-corrected chi connectivity index (χ1v) is 25.1. The molecule has 0 spiro atoms. The van der Waals surface area contributed by atoms with Crippen LogP contribution < -0.4 is 18.9 Å². The Labute approximate surface area is 374 Å². The molecule has 4 bridgehead atoms. The maximum Gasteiger partial charge on any atom is 1.00 e. The second-order valence-corrected chi connectivity index (χ2v) is 30.2. The molecular formula is C40H56Br7LiO2. The Bertz CT molecular complexity index is 1140. The van der Waals surface area contributed by atoms with Gasteiger partial charge in [0.15, 0.2) is 0 Å². The number of allylic oxidation sites excluding steroid dienone is 6. The molecule has 0 radical (unpaired) electrons. The Morgan fingerprint density at radius 3 is 1.64 bits per heavy atom. The molecule has 11 saturated carbocycles. The Hall–Kier alpha value is 3.10. The number of hydrogen-bond donors (Lipinski definition) is 1. The first-order chi connectivity index (χ1) is 23.4. The van der Waals surface area contributed by atoms with Crippen molar-refractivity contribution in [3.8, 4) is 0 Å². The zero-order valence-electron chi connectivity index (χ0n) is 30.0. The predicted octanol–water partition coefficient (Wildman–Crippen LogP) is 10.9. The van der Waals surface area contributed by atoms with Gasteiger partial charge >= 0.3 is 18.9 Å². The van der Waals surface area contributed by atoms with E-state index in [1.807, 2.05) is 0 Å². The third-order valence-corrected chi connectivity index (χ3v) is 17.9. The van der Waals surface area contributed by atoms with Gasteiger partial charge in [-0.15, -0.1) is 0 Å². The molecule has 278 valence electrons. The van der Waals surface area contributed by atoms with E-state index in [4.69, 9.17) is 4.74 Å². The van der Waals surface area contributed by atoms with Crippen molar-refractivity contribution in [2.24, 2.45) is 76.9 Å². The molecule has 13 aliphatic carbocycles. The Balaban J connectivity index is 0.000000116. The second-order valence-electron chi connectivity index (χ2n) is 16.4. The molecule has 50 heavy (non-hydrogen) atoms. The molecule has 0 aromatic rings. The smallest absolute Gasteiger partial charge is 0.393 e. The molecule has 12 unspecified atom stereocenters. The van der Waals surface area contributed by atoms with Crippen molar-refractivity contribution in [1.82, 2.24) is 0 Å². The Kier molecular flexibility index (Phi) is 16.6.